The van der Waals surface area contributed by atoms with Crippen LogP contribution in [0, 0.1) is 12.8 Å². The van der Waals surface area contributed by atoms with E-state index in [0.29, 0.717) is 24.2 Å². The van der Waals surface area contributed by atoms with Crippen molar-refractivity contribution >= 4 is 5.91 Å². The summed E-state index contributed by atoms with van der Waals surface area (Å²) in [7, 11) is 0. The van der Waals surface area contributed by atoms with E-state index in [1.165, 1.54) is 0 Å². The fourth-order valence-electron chi connectivity index (χ4n) is 4.32. The molecule has 2 fully saturated rings. The Hall–Kier alpha value is -2.25. The number of rotatable bonds is 5. The van der Waals surface area contributed by atoms with Gasteiger partial charge in [0.25, 0.3) is 0 Å². The molecule has 0 aliphatic carbocycles. The van der Waals surface area contributed by atoms with Crippen LogP contribution in [0.1, 0.15) is 31.2 Å². The minimum Gasteiger partial charge on any atom is -0.340 e. The summed E-state index contributed by atoms with van der Waals surface area (Å²) in [5.41, 5.74) is 2.15. The maximum absolute atomic E-state index is 12.9. The average Bonchev–Trinajstić information content (AvgIpc) is 3.22. The van der Waals surface area contributed by atoms with Gasteiger partial charge < -0.3 is 14.3 Å². The molecular weight excluding hydrogens is 366 g/mol. The van der Waals surface area contributed by atoms with Gasteiger partial charge in [-0.2, -0.15) is 4.98 Å². The van der Waals surface area contributed by atoms with E-state index in [4.69, 9.17) is 4.52 Å². The first kappa shape index (κ1) is 20.0. The van der Waals surface area contributed by atoms with Crippen LogP contribution in [0.25, 0.3) is 11.4 Å². The van der Waals surface area contributed by atoms with E-state index < -0.39 is 0 Å². The zero-order chi connectivity index (χ0) is 20.2. The monoisotopic (exact) mass is 397 g/mol. The van der Waals surface area contributed by atoms with E-state index in [-0.39, 0.29) is 5.92 Å². The zero-order valence-corrected chi connectivity index (χ0v) is 17.5. The topological polar surface area (TPSA) is 65.7 Å². The number of carbonyl (C=O) groups excluding carboxylic acids is 1. The lowest BCUT2D eigenvalue weighted by molar-refractivity contribution is -0.138. The van der Waals surface area contributed by atoms with Gasteiger partial charge in [-0.15, -0.1) is 0 Å². The summed E-state index contributed by atoms with van der Waals surface area (Å²) < 4.78 is 5.48. The molecule has 1 aromatic heterocycles. The van der Waals surface area contributed by atoms with Crippen LogP contribution >= 0.6 is 0 Å². The Balaban J connectivity index is 1.27. The summed E-state index contributed by atoms with van der Waals surface area (Å²) in [6.45, 7) is 11.5. The van der Waals surface area contributed by atoms with Crippen molar-refractivity contribution in [1.29, 1.82) is 0 Å². The zero-order valence-electron chi connectivity index (χ0n) is 17.5. The van der Waals surface area contributed by atoms with E-state index >= 15 is 0 Å². The number of hydrogen-bond acceptors (Lipinski definition) is 6. The summed E-state index contributed by atoms with van der Waals surface area (Å²) in [4.78, 5) is 24.2. The first-order valence-corrected chi connectivity index (χ1v) is 10.8. The van der Waals surface area contributed by atoms with Crippen LogP contribution in [0.4, 0.5) is 0 Å². The number of hydrogen-bond donors (Lipinski definition) is 0. The van der Waals surface area contributed by atoms with E-state index in [1.54, 1.807) is 0 Å². The van der Waals surface area contributed by atoms with Crippen molar-refractivity contribution in [2.45, 2.75) is 33.2 Å². The summed E-state index contributed by atoms with van der Waals surface area (Å²) in [5, 5.41) is 4.15. The second-order valence-electron chi connectivity index (χ2n) is 8.14. The third-order valence-corrected chi connectivity index (χ3v) is 6.28. The molecule has 156 valence electrons. The number of aromatic nitrogens is 2. The number of likely N-dealkylation sites (tertiary alicyclic amines) is 1. The number of aryl methyl sites for hydroxylation is 1. The van der Waals surface area contributed by atoms with Crippen LogP contribution in [-0.2, 0) is 11.3 Å². The molecule has 2 aliphatic heterocycles. The normalized spacial score (nSPS) is 19.6. The first-order chi connectivity index (χ1) is 14.1. The maximum atomic E-state index is 12.9. The van der Waals surface area contributed by atoms with Crippen molar-refractivity contribution in [2.24, 2.45) is 5.92 Å². The van der Waals surface area contributed by atoms with Crippen LogP contribution in [0.3, 0.4) is 0 Å². The van der Waals surface area contributed by atoms with Crippen molar-refractivity contribution in [3.8, 4) is 11.4 Å². The number of likely N-dealkylation sites (N-methyl/N-ethyl adjacent to an activating group) is 1. The molecule has 2 saturated heterocycles. The SMILES string of the molecule is CCN1CCN(C(=O)C2CCN(Cc3nc(-c4ccccc4C)no3)CC2)CC1. The van der Waals surface area contributed by atoms with Crippen LogP contribution in [0.5, 0.6) is 0 Å². The molecule has 0 saturated carbocycles. The van der Waals surface area contributed by atoms with Gasteiger partial charge in [0.2, 0.25) is 17.6 Å². The van der Waals surface area contributed by atoms with E-state index in [9.17, 15) is 4.79 Å². The molecule has 2 aromatic rings. The molecule has 7 heteroatoms. The molecule has 29 heavy (non-hydrogen) atoms. The van der Waals surface area contributed by atoms with Gasteiger partial charge in [0.05, 0.1) is 6.54 Å². The van der Waals surface area contributed by atoms with Gasteiger partial charge >= 0.3 is 0 Å². The Labute approximate surface area is 172 Å². The van der Waals surface area contributed by atoms with Crippen LogP contribution in [0.2, 0.25) is 0 Å². The molecule has 0 bridgehead atoms. The molecule has 0 radical (unpaired) electrons. The van der Waals surface area contributed by atoms with Crippen molar-refractivity contribution in [2.75, 3.05) is 45.8 Å². The molecule has 3 heterocycles. The molecule has 7 nitrogen and oxygen atoms in total. The Bertz CT molecular complexity index is 820. The Kier molecular flexibility index (Phi) is 6.25. The molecule has 0 atom stereocenters. The Morgan fingerprint density at radius 3 is 2.48 bits per heavy atom. The molecule has 0 spiro atoms. The van der Waals surface area contributed by atoms with Crippen LogP contribution in [0.15, 0.2) is 28.8 Å². The number of carbonyl (C=O) groups is 1. The molecule has 0 N–H and O–H groups in total. The third kappa shape index (κ3) is 4.67. The van der Waals surface area contributed by atoms with Crippen LogP contribution in [-0.4, -0.2) is 76.6 Å². The second-order valence-corrected chi connectivity index (χ2v) is 8.14. The van der Waals surface area contributed by atoms with Gasteiger partial charge in [0.15, 0.2) is 0 Å². The first-order valence-electron chi connectivity index (χ1n) is 10.8. The van der Waals surface area contributed by atoms with E-state index in [1.807, 2.05) is 18.2 Å². The number of nitrogens with zero attached hydrogens (tertiary/aromatic N) is 5. The minimum atomic E-state index is 0.157. The molecule has 2 aliphatic rings. The Morgan fingerprint density at radius 2 is 1.79 bits per heavy atom. The van der Waals surface area contributed by atoms with Gasteiger partial charge in [-0.3, -0.25) is 9.69 Å². The predicted molar refractivity (Wildman–Crippen MR) is 111 cm³/mol. The number of amides is 1. The van der Waals surface area contributed by atoms with E-state index in [2.05, 4.69) is 44.8 Å². The summed E-state index contributed by atoms with van der Waals surface area (Å²) in [6, 6.07) is 8.06. The minimum absolute atomic E-state index is 0.157. The van der Waals surface area contributed by atoms with Gasteiger partial charge in [-0.25, -0.2) is 0 Å². The molecule has 0 unspecified atom stereocenters. The molecule has 1 aromatic carbocycles. The van der Waals surface area contributed by atoms with Crippen molar-refractivity contribution in [1.82, 2.24) is 24.8 Å². The highest BCUT2D eigenvalue weighted by molar-refractivity contribution is 5.79. The van der Waals surface area contributed by atoms with Gasteiger partial charge in [-0.05, 0) is 45.0 Å². The number of piperidine rings is 1. The predicted octanol–water partition coefficient (Wildman–Crippen LogP) is 2.42. The highest BCUT2D eigenvalue weighted by Crippen LogP contribution is 2.23. The molecular formula is C22H31N5O2. The summed E-state index contributed by atoms with van der Waals surface area (Å²) >= 11 is 0. The van der Waals surface area contributed by atoms with E-state index in [0.717, 1.165) is 69.8 Å². The van der Waals surface area contributed by atoms with Crippen molar-refractivity contribution < 1.29 is 9.32 Å². The summed E-state index contributed by atoms with van der Waals surface area (Å²) in [5.74, 6) is 1.79. The Morgan fingerprint density at radius 1 is 1.07 bits per heavy atom. The number of piperazine rings is 1. The third-order valence-electron chi connectivity index (χ3n) is 6.28. The fraction of sp³-hybridized carbons (Fsp3) is 0.591. The summed E-state index contributed by atoms with van der Waals surface area (Å²) in [6.07, 6.45) is 1.82. The maximum Gasteiger partial charge on any atom is 0.241 e. The highest BCUT2D eigenvalue weighted by Gasteiger charge is 2.30. The molecule has 4 rings (SSSR count). The van der Waals surface area contributed by atoms with Crippen molar-refractivity contribution in [3.63, 3.8) is 0 Å². The van der Waals surface area contributed by atoms with Gasteiger partial charge in [0.1, 0.15) is 0 Å². The lowest BCUT2D eigenvalue weighted by Gasteiger charge is -2.38. The fourth-order valence-corrected chi connectivity index (χ4v) is 4.32. The smallest absolute Gasteiger partial charge is 0.241 e. The van der Waals surface area contributed by atoms with Crippen LogP contribution < -0.4 is 0 Å². The average molecular weight is 398 g/mol. The standard InChI is InChI=1S/C22H31N5O2/c1-3-25-12-14-27(15-13-25)22(28)18-8-10-26(11-9-18)16-20-23-21(24-29-20)19-7-5-4-6-17(19)2/h4-7,18H,3,8-16H2,1-2H3. The quantitative estimate of drug-likeness (QED) is 0.772. The van der Waals surface area contributed by atoms with Crippen molar-refractivity contribution in [3.05, 3.63) is 35.7 Å². The number of benzene rings is 1. The highest BCUT2D eigenvalue weighted by atomic mass is 16.5. The lowest BCUT2D eigenvalue weighted by Crippen LogP contribution is -2.51. The van der Waals surface area contributed by atoms with Gasteiger partial charge in [-0.1, -0.05) is 36.3 Å². The lowest BCUT2D eigenvalue weighted by atomic mass is 9.95. The molecule has 1 amide bonds. The second kappa shape index (κ2) is 9.05. The largest absolute Gasteiger partial charge is 0.340 e. The van der Waals surface area contributed by atoms with Gasteiger partial charge in [0, 0.05) is 37.7 Å².